The van der Waals surface area contributed by atoms with Crippen molar-refractivity contribution < 1.29 is 14.6 Å². The molecule has 4 rings (SSSR count). The third kappa shape index (κ3) is 5.40. The molecule has 2 N–H and O–H groups in total. The SMILES string of the molecule is O=C(O)c1[nH]ncc1CN1CCCOc2cccc(c2)CCC2CCCCN2CC1. The van der Waals surface area contributed by atoms with Crippen LogP contribution in [0.25, 0.3) is 0 Å². The van der Waals surface area contributed by atoms with E-state index in [4.69, 9.17) is 4.74 Å². The maximum absolute atomic E-state index is 11.5. The second-order valence-electron chi connectivity index (χ2n) is 8.43. The lowest BCUT2D eigenvalue weighted by atomic mass is 9.95. The van der Waals surface area contributed by atoms with E-state index in [2.05, 4.69) is 38.2 Å². The average Bonchev–Trinajstić information content (AvgIpc) is 3.22. The molecule has 2 aliphatic heterocycles. The Morgan fingerprint density at radius 1 is 1.17 bits per heavy atom. The molecule has 0 amide bonds. The zero-order chi connectivity index (χ0) is 20.8. The third-order valence-corrected chi connectivity index (χ3v) is 6.33. The number of hydrogen-bond acceptors (Lipinski definition) is 5. The summed E-state index contributed by atoms with van der Waals surface area (Å²) >= 11 is 0. The maximum Gasteiger partial charge on any atom is 0.354 e. The molecule has 2 aliphatic rings. The molecule has 1 aromatic heterocycles. The molecule has 0 aliphatic carbocycles. The Hall–Kier alpha value is -2.38. The lowest BCUT2D eigenvalue weighted by Gasteiger charge is -2.37. The maximum atomic E-state index is 11.5. The van der Waals surface area contributed by atoms with Crippen LogP contribution in [0.4, 0.5) is 0 Å². The van der Waals surface area contributed by atoms with Crippen LogP contribution >= 0.6 is 0 Å². The number of ether oxygens (including phenoxy) is 1. The summed E-state index contributed by atoms with van der Waals surface area (Å²) in [4.78, 5) is 16.4. The number of carboxylic acids is 1. The highest BCUT2D eigenvalue weighted by molar-refractivity contribution is 5.86. The number of fused-ring (bicyclic) bond motifs is 3. The molecule has 7 heteroatoms. The van der Waals surface area contributed by atoms with Crippen LogP contribution < -0.4 is 4.74 Å². The standard InChI is InChI=1S/C23H32N4O3/c28-23(29)22-19(16-24-25-22)17-26-10-4-14-30-21-7-3-5-18(15-21)8-9-20-6-1-2-11-27(20)13-12-26/h3,5,7,15-16,20H,1-2,4,6,8-14,17H2,(H,24,25)(H,28,29). The van der Waals surface area contributed by atoms with Crippen molar-refractivity contribution in [2.75, 3.05) is 32.8 Å². The minimum atomic E-state index is -0.955. The van der Waals surface area contributed by atoms with Gasteiger partial charge in [-0.05, 0) is 56.3 Å². The van der Waals surface area contributed by atoms with Crippen LogP contribution in [-0.4, -0.2) is 69.9 Å². The number of aryl methyl sites for hydroxylation is 1. The van der Waals surface area contributed by atoms with Crippen LogP contribution in [0.5, 0.6) is 5.75 Å². The van der Waals surface area contributed by atoms with E-state index < -0.39 is 5.97 Å². The van der Waals surface area contributed by atoms with E-state index >= 15 is 0 Å². The summed E-state index contributed by atoms with van der Waals surface area (Å²) in [5.74, 6) is -0.0106. The number of nitrogens with zero attached hydrogens (tertiary/aromatic N) is 3. The molecule has 7 nitrogen and oxygen atoms in total. The minimum absolute atomic E-state index is 0.193. The molecule has 1 unspecified atom stereocenters. The summed E-state index contributed by atoms with van der Waals surface area (Å²) in [6, 6.07) is 9.13. The molecule has 1 fully saturated rings. The number of nitrogens with one attached hydrogen (secondary N) is 1. The molecule has 0 saturated carbocycles. The third-order valence-electron chi connectivity index (χ3n) is 6.33. The van der Waals surface area contributed by atoms with Crippen molar-refractivity contribution >= 4 is 5.97 Å². The van der Waals surface area contributed by atoms with Gasteiger partial charge in [-0.1, -0.05) is 18.6 Å². The number of aromatic carboxylic acids is 1. The Kier molecular flexibility index (Phi) is 7.02. The van der Waals surface area contributed by atoms with Gasteiger partial charge in [0.1, 0.15) is 11.4 Å². The molecule has 0 radical (unpaired) electrons. The lowest BCUT2D eigenvalue weighted by molar-refractivity contribution is 0.0687. The molecule has 0 spiro atoms. The first-order valence-electron chi connectivity index (χ1n) is 11.1. The Labute approximate surface area is 178 Å². The van der Waals surface area contributed by atoms with Gasteiger partial charge in [-0.15, -0.1) is 0 Å². The van der Waals surface area contributed by atoms with Gasteiger partial charge < -0.3 is 9.84 Å². The van der Waals surface area contributed by atoms with E-state index in [9.17, 15) is 9.90 Å². The summed E-state index contributed by atoms with van der Waals surface area (Å²) in [5, 5.41) is 16.0. The molecule has 3 heterocycles. The van der Waals surface area contributed by atoms with Gasteiger partial charge in [-0.2, -0.15) is 5.10 Å². The van der Waals surface area contributed by atoms with E-state index in [0.717, 1.165) is 50.3 Å². The van der Waals surface area contributed by atoms with Gasteiger partial charge >= 0.3 is 5.97 Å². The van der Waals surface area contributed by atoms with Crippen LogP contribution in [0, 0.1) is 0 Å². The van der Waals surface area contributed by atoms with E-state index in [1.54, 1.807) is 6.20 Å². The number of carboxylic acid groups (broad SMARTS) is 1. The topological polar surface area (TPSA) is 81.7 Å². The highest BCUT2D eigenvalue weighted by Crippen LogP contribution is 2.23. The fourth-order valence-electron chi connectivity index (χ4n) is 4.68. The Bertz CT molecular complexity index is 837. The van der Waals surface area contributed by atoms with Gasteiger partial charge in [0.15, 0.2) is 0 Å². The minimum Gasteiger partial charge on any atom is -0.494 e. The smallest absolute Gasteiger partial charge is 0.354 e. The number of aromatic nitrogens is 2. The molecule has 1 saturated heterocycles. The van der Waals surface area contributed by atoms with Crippen LogP contribution in [0.3, 0.4) is 0 Å². The van der Waals surface area contributed by atoms with Crippen LogP contribution in [-0.2, 0) is 13.0 Å². The molecule has 2 aromatic rings. The second-order valence-corrected chi connectivity index (χ2v) is 8.43. The van der Waals surface area contributed by atoms with Gasteiger partial charge in [-0.3, -0.25) is 14.9 Å². The Morgan fingerprint density at radius 3 is 3.00 bits per heavy atom. The number of carbonyl (C=O) groups is 1. The molecule has 162 valence electrons. The molecule has 2 bridgehead atoms. The van der Waals surface area contributed by atoms with Gasteiger partial charge in [0.05, 0.1) is 12.8 Å². The number of benzene rings is 1. The summed E-state index contributed by atoms with van der Waals surface area (Å²) in [6.07, 6.45) is 8.64. The van der Waals surface area contributed by atoms with Gasteiger partial charge in [0.2, 0.25) is 0 Å². The van der Waals surface area contributed by atoms with E-state index in [0.29, 0.717) is 19.2 Å². The predicted octanol–water partition coefficient (Wildman–Crippen LogP) is 3.18. The van der Waals surface area contributed by atoms with Crippen molar-refractivity contribution in [3.05, 3.63) is 47.3 Å². The highest BCUT2D eigenvalue weighted by Gasteiger charge is 2.23. The lowest BCUT2D eigenvalue weighted by Crippen LogP contribution is -2.44. The molecule has 1 aromatic carbocycles. The zero-order valence-corrected chi connectivity index (χ0v) is 17.6. The number of piperidine rings is 1. The van der Waals surface area contributed by atoms with E-state index in [-0.39, 0.29) is 5.69 Å². The summed E-state index contributed by atoms with van der Waals surface area (Å²) in [5.41, 5.74) is 2.30. The van der Waals surface area contributed by atoms with Crippen molar-refractivity contribution in [1.29, 1.82) is 0 Å². The summed E-state index contributed by atoms with van der Waals surface area (Å²) in [6.45, 7) is 5.21. The van der Waals surface area contributed by atoms with Crippen molar-refractivity contribution in [2.24, 2.45) is 0 Å². The Balaban J connectivity index is 1.48. The quantitative estimate of drug-likeness (QED) is 0.806. The monoisotopic (exact) mass is 412 g/mol. The zero-order valence-electron chi connectivity index (χ0n) is 17.6. The number of aromatic amines is 1. The molecular formula is C23H32N4O3. The first-order chi connectivity index (χ1) is 14.7. The number of rotatable bonds is 3. The normalized spacial score (nSPS) is 21.9. The van der Waals surface area contributed by atoms with Gasteiger partial charge in [0, 0.05) is 37.8 Å². The summed E-state index contributed by atoms with van der Waals surface area (Å²) in [7, 11) is 0. The van der Waals surface area contributed by atoms with Gasteiger partial charge in [0.25, 0.3) is 0 Å². The molecule has 1 atom stereocenters. The van der Waals surface area contributed by atoms with Crippen LogP contribution in [0.15, 0.2) is 30.5 Å². The molecular weight excluding hydrogens is 380 g/mol. The van der Waals surface area contributed by atoms with Gasteiger partial charge in [-0.25, -0.2) is 4.79 Å². The number of H-pyrrole nitrogens is 1. The first kappa shape index (κ1) is 20.9. The van der Waals surface area contributed by atoms with Crippen molar-refractivity contribution in [2.45, 2.75) is 51.1 Å². The summed E-state index contributed by atoms with van der Waals surface area (Å²) < 4.78 is 5.99. The fourth-order valence-corrected chi connectivity index (χ4v) is 4.68. The first-order valence-corrected chi connectivity index (χ1v) is 11.1. The largest absolute Gasteiger partial charge is 0.494 e. The Morgan fingerprint density at radius 2 is 2.10 bits per heavy atom. The highest BCUT2D eigenvalue weighted by atomic mass is 16.5. The average molecular weight is 413 g/mol. The predicted molar refractivity (Wildman–Crippen MR) is 115 cm³/mol. The van der Waals surface area contributed by atoms with E-state index in [1.807, 2.05) is 6.07 Å². The van der Waals surface area contributed by atoms with E-state index in [1.165, 1.54) is 31.2 Å². The van der Waals surface area contributed by atoms with Crippen molar-refractivity contribution in [1.82, 2.24) is 20.0 Å². The number of hydrogen-bond donors (Lipinski definition) is 2. The van der Waals surface area contributed by atoms with Crippen LogP contribution in [0.2, 0.25) is 0 Å². The molecule has 30 heavy (non-hydrogen) atoms. The fraction of sp³-hybridized carbons (Fsp3) is 0.565. The second kappa shape index (κ2) is 10.1. The van der Waals surface area contributed by atoms with Crippen molar-refractivity contribution in [3.63, 3.8) is 0 Å². The van der Waals surface area contributed by atoms with Crippen LogP contribution in [0.1, 0.15) is 53.7 Å². The van der Waals surface area contributed by atoms with Crippen molar-refractivity contribution in [3.8, 4) is 5.75 Å².